The van der Waals surface area contributed by atoms with Gasteiger partial charge in [0.1, 0.15) is 18.3 Å². The lowest BCUT2D eigenvalue weighted by Gasteiger charge is -2.39. The number of benzene rings is 1. The van der Waals surface area contributed by atoms with Crippen molar-refractivity contribution in [1.29, 1.82) is 0 Å². The average molecular weight is 430 g/mol. The Labute approximate surface area is 176 Å². The van der Waals surface area contributed by atoms with E-state index in [4.69, 9.17) is 9.47 Å². The van der Waals surface area contributed by atoms with Crippen LogP contribution in [-0.2, 0) is 16.1 Å². The number of alkyl halides is 2. The van der Waals surface area contributed by atoms with Gasteiger partial charge >= 0.3 is 5.97 Å². The molecule has 1 aliphatic rings. The summed E-state index contributed by atoms with van der Waals surface area (Å²) in [5.74, 6) is 0.557. The first kappa shape index (κ1) is 20.6. The van der Waals surface area contributed by atoms with Crippen LogP contribution in [0.15, 0.2) is 36.4 Å². The molecule has 3 heterocycles. The van der Waals surface area contributed by atoms with Gasteiger partial charge in [-0.25, -0.2) is 18.3 Å². The summed E-state index contributed by atoms with van der Waals surface area (Å²) in [7, 11) is 1.36. The average Bonchev–Trinajstić information content (AvgIpc) is 3.12. The largest absolute Gasteiger partial charge is 0.470 e. The van der Waals surface area contributed by atoms with E-state index in [1.165, 1.54) is 23.9 Å². The van der Waals surface area contributed by atoms with Crippen molar-refractivity contribution in [2.75, 3.05) is 18.6 Å². The fourth-order valence-electron chi connectivity index (χ4n) is 3.24. The fourth-order valence-corrected chi connectivity index (χ4v) is 3.24. The van der Waals surface area contributed by atoms with Crippen LogP contribution >= 0.6 is 0 Å². The van der Waals surface area contributed by atoms with E-state index in [0.717, 1.165) is 0 Å². The van der Waals surface area contributed by atoms with Gasteiger partial charge in [0.15, 0.2) is 5.82 Å². The summed E-state index contributed by atoms with van der Waals surface area (Å²) in [4.78, 5) is 13.5. The van der Waals surface area contributed by atoms with Gasteiger partial charge < -0.3 is 14.4 Å². The predicted molar refractivity (Wildman–Crippen MR) is 105 cm³/mol. The molecule has 1 aromatic carbocycles. The SMILES string of the molecule is COC(=O)[C@H]1CCN1c1ccc(OCc2c(C)nnn2-c2ccc(C(F)F)cc2)nn1. The minimum absolute atomic E-state index is 0.0645. The Bertz CT molecular complexity index is 1060. The summed E-state index contributed by atoms with van der Waals surface area (Å²) in [5, 5.41) is 16.3. The number of aromatic nitrogens is 5. The topological polar surface area (TPSA) is 95.3 Å². The Balaban J connectivity index is 1.44. The summed E-state index contributed by atoms with van der Waals surface area (Å²) in [6.07, 6.45) is -1.82. The minimum atomic E-state index is -2.53. The first-order valence-electron chi connectivity index (χ1n) is 9.58. The quantitative estimate of drug-likeness (QED) is 0.528. The number of esters is 1. The van der Waals surface area contributed by atoms with E-state index in [1.54, 1.807) is 31.2 Å². The summed E-state index contributed by atoms with van der Waals surface area (Å²) in [6.45, 7) is 2.59. The predicted octanol–water partition coefficient (Wildman–Crippen LogP) is 2.63. The molecule has 4 rings (SSSR count). The van der Waals surface area contributed by atoms with E-state index in [9.17, 15) is 13.6 Å². The third-order valence-electron chi connectivity index (χ3n) is 5.12. The molecule has 0 saturated carbocycles. The highest BCUT2D eigenvalue weighted by Gasteiger charge is 2.36. The molecule has 11 heteroatoms. The van der Waals surface area contributed by atoms with Crippen molar-refractivity contribution in [3.63, 3.8) is 0 Å². The number of rotatable bonds is 7. The molecule has 1 atom stereocenters. The van der Waals surface area contributed by atoms with E-state index >= 15 is 0 Å². The number of carbonyl (C=O) groups excluding carboxylic acids is 1. The monoisotopic (exact) mass is 430 g/mol. The van der Waals surface area contributed by atoms with Crippen LogP contribution in [0, 0.1) is 6.92 Å². The third kappa shape index (κ3) is 4.16. The van der Waals surface area contributed by atoms with Crippen LogP contribution < -0.4 is 9.64 Å². The molecule has 0 aliphatic carbocycles. The van der Waals surface area contributed by atoms with Crippen LogP contribution in [0.25, 0.3) is 5.69 Å². The third-order valence-corrected chi connectivity index (χ3v) is 5.12. The van der Waals surface area contributed by atoms with Gasteiger partial charge in [-0.3, -0.25) is 0 Å². The number of halogens is 2. The first-order chi connectivity index (χ1) is 15.0. The lowest BCUT2D eigenvalue weighted by atomic mass is 10.0. The molecule has 1 fully saturated rings. The van der Waals surface area contributed by atoms with E-state index in [2.05, 4.69) is 20.5 Å². The molecule has 0 N–H and O–H groups in total. The van der Waals surface area contributed by atoms with E-state index < -0.39 is 6.43 Å². The zero-order valence-corrected chi connectivity index (χ0v) is 16.9. The maximum Gasteiger partial charge on any atom is 0.328 e. The number of aryl methyl sites for hydroxylation is 1. The maximum atomic E-state index is 12.8. The molecule has 0 amide bonds. The second-order valence-corrected chi connectivity index (χ2v) is 6.97. The molecule has 31 heavy (non-hydrogen) atoms. The van der Waals surface area contributed by atoms with Gasteiger partial charge in [0.2, 0.25) is 5.88 Å². The number of hydrogen-bond acceptors (Lipinski definition) is 8. The molecule has 9 nitrogen and oxygen atoms in total. The molecular formula is C20H20F2N6O3. The van der Waals surface area contributed by atoms with E-state index in [-0.39, 0.29) is 24.2 Å². The number of hydrogen-bond donors (Lipinski definition) is 0. The van der Waals surface area contributed by atoms with Crippen molar-refractivity contribution < 1.29 is 23.0 Å². The van der Waals surface area contributed by atoms with E-state index in [0.29, 0.717) is 41.7 Å². The van der Waals surface area contributed by atoms with Gasteiger partial charge in [0, 0.05) is 18.2 Å². The summed E-state index contributed by atoms with van der Waals surface area (Å²) in [6, 6.07) is 8.85. The van der Waals surface area contributed by atoms with Crippen molar-refractivity contribution in [2.24, 2.45) is 0 Å². The molecule has 1 saturated heterocycles. The Morgan fingerprint density at radius 1 is 1.16 bits per heavy atom. The highest BCUT2D eigenvalue weighted by Crippen LogP contribution is 2.26. The number of methoxy groups -OCH3 is 1. The second kappa shape index (κ2) is 8.62. The van der Waals surface area contributed by atoms with E-state index in [1.807, 2.05) is 4.90 Å². The van der Waals surface area contributed by atoms with Crippen LogP contribution in [0.3, 0.4) is 0 Å². The van der Waals surface area contributed by atoms with Crippen LogP contribution in [0.2, 0.25) is 0 Å². The highest BCUT2D eigenvalue weighted by molar-refractivity contribution is 5.81. The Hall–Kier alpha value is -3.63. The van der Waals surface area contributed by atoms with Gasteiger partial charge in [-0.15, -0.1) is 15.3 Å². The molecule has 0 radical (unpaired) electrons. The van der Waals surface area contributed by atoms with Gasteiger partial charge in [-0.1, -0.05) is 17.3 Å². The Morgan fingerprint density at radius 3 is 2.52 bits per heavy atom. The normalized spacial score (nSPS) is 15.6. The summed E-state index contributed by atoms with van der Waals surface area (Å²) in [5.41, 5.74) is 1.83. The summed E-state index contributed by atoms with van der Waals surface area (Å²) < 4.78 is 37.6. The fraction of sp³-hybridized carbons (Fsp3) is 0.350. The Morgan fingerprint density at radius 2 is 1.94 bits per heavy atom. The zero-order valence-electron chi connectivity index (χ0n) is 16.9. The zero-order chi connectivity index (χ0) is 22.0. The number of anilines is 1. The smallest absolute Gasteiger partial charge is 0.328 e. The van der Waals surface area contributed by atoms with Gasteiger partial charge in [0.25, 0.3) is 6.43 Å². The standard InChI is InChI=1S/C20H20F2N6O3/c1-12-16(28(26-23-12)14-5-3-13(4-6-14)19(21)22)11-31-18-8-7-17(24-25-18)27-10-9-15(27)20(29)30-2/h3-8,15,19H,9-11H2,1-2H3/t15-/m1/s1. The van der Waals surface area contributed by atoms with Crippen molar-refractivity contribution >= 4 is 11.8 Å². The lowest BCUT2D eigenvalue weighted by molar-refractivity contribution is -0.143. The van der Waals surface area contributed by atoms with Crippen LogP contribution in [0.5, 0.6) is 5.88 Å². The maximum absolute atomic E-state index is 12.8. The molecule has 2 aromatic heterocycles. The van der Waals surface area contributed by atoms with Crippen LogP contribution in [0.1, 0.15) is 29.8 Å². The molecular weight excluding hydrogens is 410 g/mol. The molecule has 0 spiro atoms. The van der Waals surface area contributed by atoms with Crippen LogP contribution in [-0.4, -0.2) is 50.9 Å². The first-order valence-corrected chi connectivity index (χ1v) is 9.58. The van der Waals surface area contributed by atoms with Crippen LogP contribution in [0.4, 0.5) is 14.6 Å². The molecule has 162 valence electrons. The number of ether oxygens (including phenoxy) is 2. The van der Waals surface area contributed by atoms with Crippen molar-refractivity contribution in [3.05, 3.63) is 53.3 Å². The van der Waals surface area contributed by atoms with Gasteiger partial charge in [0.05, 0.1) is 18.5 Å². The van der Waals surface area contributed by atoms with Gasteiger partial charge in [-0.05, 0) is 31.5 Å². The lowest BCUT2D eigenvalue weighted by Crippen LogP contribution is -2.53. The number of carbonyl (C=O) groups is 1. The highest BCUT2D eigenvalue weighted by atomic mass is 19.3. The second-order valence-electron chi connectivity index (χ2n) is 6.97. The van der Waals surface area contributed by atoms with Gasteiger partial charge in [-0.2, -0.15) is 0 Å². The molecule has 0 bridgehead atoms. The molecule has 3 aromatic rings. The molecule has 0 unspecified atom stereocenters. The molecule has 1 aliphatic heterocycles. The van der Waals surface area contributed by atoms with Crippen molar-refractivity contribution in [3.8, 4) is 11.6 Å². The van der Waals surface area contributed by atoms with Crippen molar-refractivity contribution in [2.45, 2.75) is 32.4 Å². The Kier molecular flexibility index (Phi) is 5.74. The number of nitrogens with zero attached hydrogens (tertiary/aromatic N) is 6. The minimum Gasteiger partial charge on any atom is -0.470 e. The van der Waals surface area contributed by atoms with Crippen molar-refractivity contribution in [1.82, 2.24) is 25.2 Å². The summed E-state index contributed by atoms with van der Waals surface area (Å²) >= 11 is 0.